The molecule has 26 heavy (non-hydrogen) atoms. The summed E-state index contributed by atoms with van der Waals surface area (Å²) in [7, 11) is 0. The lowest BCUT2D eigenvalue weighted by Gasteiger charge is -2.33. The van der Waals surface area contributed by atoms with Gasteiger partial charge in [0.05, 0.1) is 35.8 Å². The predicted octanol–water partition coefficient (Wildman–Crippen LogP) is 2.29. The first kappa shape index (κ1) is 16.2. The van der Waals surface area contributed by atoms with Gasteiger partial charge >= 0.3 is 6.09 Å². The largest absolute Gasteiger partial charge is 0.465 e. The maximum Gasteiger partial charge on any atom is 0.407 e. The fourth-order valence-electron chi connectivity index (χ4n) is 3.12. The molecule has 1 fully saturated rings. The van der Waals surface area contributed by atoms with Crippen molar-refractivity contribution in [1.29, 1.82) is 0 Å². The van der Waals surface area contributed by atoms with Crippen molar-refractivity contribution in [3.63, 3.8) is 0 Å². The highest BCUT2D eigenvalue weighted by atomic mass is 19.1. The van der Waals surface area contributed by atoms with Gasteiger partial charge in [-0.05, 0) is 18.6 Å². The number of fused-ring (bicyclic) bond motifs is 1. The number of halogens is 1. The minimum absolute atomic E-state index is 0.0686. The number of rotatable bonds is 3. The minimum atomic E-state index is -1.15. The molecule has 4 rings (SSSR count). The second kappa shape index (κ2) is 6.58. The van der Waals surface area contributed by atoms with Crippen molar-refractivity contribution < 1.29 is 14.3 Å². The Morgan fingerprint density at radius 1 is 1.31 bits per heavy atom. The molecule has 3 aromatic heterocycles. The molecule has 1 amide bonds. The molecule has 1 aliphatic rings. The van der Waals surface area contributed by atoms with E-state index in [1.807, 2.05) is 24.4 Å². The molecule has 9 heteroatoms. The number of pyridine rings is 1. The van der Waals surface area contributed by atoms with Crippen molar-refractivity contribution in [3.8, 4) is 11.3 Å². The van der Waals surface area contributed by atoms with Crippen LogP contribution in [0.1, 0.15) is 6.42 Å². The molecule has 0 unspecified atom stereocenters. The molecule has 1 aliphatic heterocycles. The Morgan fingerprint density at radius 2 is 2.19 bits per heavy atom. The van der Waals surface area contributed by atoms with Crippen LogP contribution < -0.4 is 5.32 Å². The molecule has 0 saturated carbocycles. The van der Waals surface area contributed by atoms with Gasteiger partial charge in [-0.1, -0.05) is 6.07 Å². The van der Waals surface area contributed by atoms with E-state index in [-0.39, 0.29) is 19.5 Å². The van der Waals surface area contributed by atoms with Gasteiger partial charge in [-0.2, -0.15) is 5.10 Å². The standard InChI is InChI=1S/C17H17FN6O2/c18-12-4-6-23(17(25)26)10-14(12)22-16-9-19-8-13(21-16)11-7-20-24-5-2-1-3-15(11)24/h1-3,5,7-9,12,14H,4,6,10H2,(H,21,22)(H,25,26)/t12-,14+/m1/s1. The summed E-state index contributed by atoms with van der Waals surface area (Å²) in [5.41, 5.74) is 2.31. The summed E-state index contributed by atoms with van der Waals surface area (Å²) in [5.74, 6) is 0.401. The van der Waals surface area contributed by atoms with E-state index in [0.29, 0.717) is 11.5 Å². The van der Waals surface area contributed by atoms with E-state index < -0.39 is 18.3 Å². The Hall–Kier alpha value is -3.23. The summed E-state index contributed by atoms with van der Waals surface area (Å²) >= 11 is 0. The Morgan fingerprint density at radius 3 is 3.04 bits per heavy atom. The number of amides is 1. The maximum atomic E-state index is 14.2. The molecule has 3 aromatic rings. The van der Waals surface area contributed by atoms with Crippen LogP contribution in [0.4, 0.5) is 15.0 Å². The predicted molar refractivity (Wildman–Crippen MR) is 92.7 cm³/mol. The van der Waals surface area contributed by atoms with Crippen LogP contribution in [0.3, 0.4) is 0 Å². The van der Waals surface area contributed by atoms with E-state index >= 15 is 0 Å². The highest BCUT2D eigenvalue weighted by Crippen LogP contribution is 2.24. The Bertz CT molecular complexity index is 946. The molecule has 2 atom stereocenters. The molecule has 4 heterocycles. The number of anilines is 1. The van der Waals surface area contributed by atoms with Crippen LogP contribution in [0, 0.1) is 0 Å². The zero-order chi connectivity index (χ0) is 18.1. The quantitative estimate of drug-likeness (QED) is 0.748. The van der Waals surface area contributed by atoms with Crippen LogP contribution in [-0.2, 0) is 0 Å². The Labute approximate surface area is 148 Å². The SMILES string of the molecule is O=C(O)N1CC[C@@H](F)[C@@H](Nc2cncc(-c3cnn4ccccc34)n2)C1. The number of nitrogens with zero attached hydrogens (tertiary/aromatic N) is 5. The Kier molecular flexibility index (Phi) is 4.11. The number of hydrogen-bond donors (Lipinski definition) is 2. The molecule has 1 saturated heterocycles. The molecule has 2 N–H and O–H groups in total. The van der Waals surface area contributed by atoms with Gasteiger partial charge in [0.1, 0.15) is 12.0 Å². The van der Waals surface area contributed by atoms with E-state index in [4.69, 9.17) is 5.11 Å². The van der Waals surface area contributed by atoms with Gasteiger partial charge < -0.3 is 15.3 Å². The van der Waals surface area contributed by atoms with Gasteiger partial charge in [0.25, 0.3) is 0 Å². The van der Waals surface area contributed by atoms with E-state index in [2.05, 4.69) is 20.4 Å². The average molecular weight is 356 g/mol. The van der Waals surface area contributed by atoms with Gasteiger partial charge in [-0.3, -0.25) is 4.98 Å². The first-order valence-electron chi connectivity index (χ1n) is 8.25. The lowest BCUT2D eigenvalue weighted by molar-refractivity contribution is 0.108. The third-order valence-electron chi connectivity index (χ3n) is 4.47. The second-order valence-electron chi connectivity index (χ2n) is 6.16. The molecule has 0 spiro atoms. The van der Waals surface area contributed by atoms with E-state index in [0.717, 1.165) is 11.1 Å². The van der Waals surface area contributed by atoms with Crippen molar-refractivity contribution in [2.24, 2.45) is 0 Å². The highest BCUT2D eigenvalue weighted by Gasteiger charge is 2.31. The molecule has 0 aliphatic carbocycles. The summed E-state index contributed by atoms with van der Waals surface area (Å²) in [6, 6.07) is 5.06. The van der Waals surface area contributed by atoms with Crippen molar-refractivity contribution >= 4 is 17.4 Å². The molecular weight excluding hydrogens is 339 g/mol. The van der Waals surface area contributed by atoms with E-state index in [9.17, 15) is 9.18 Å². The molecule has 0 radical (unpaired) electrons. The molecule has 0 aromatic carbocycles. The lowest BCUT2D eigenvalue weighted by Crippen LogP contribution is -2.50. The third-order valence-corrected chi connectivity index (χ3v) is 4.47. The normalized spacial score (nSPS) is 20.3. The van der Waals surface area contributed by atoms with E-state index in [1.165, 1.54) is 11.1 Å². The first-order chi connectivity index (χ1) is 12.6. The summed E-state index contributed by atoms with van der Waals surface area (Å²) in [4.78, 5) is 21.0. The molecular formula is C17H17FN6O2. The van der Waals surface area contributed by atoms with Crippen molar-refractivity contribution in [2.45, 2.75) is 18.6 Å². The highest BCUT2D eigenvalue weighted by molar-refractivity contribution is 5.77. The zero-order valence-electron chi connectivity index (χ0n) is 13.8. The summed E-state index contributed by atoms with van der Waals surface area (Å²) < 4.78 is 15.9. The van der Waals surface area contributed by atoms with Crippen LogP contribution in [-0.4, -0.2) is 61.0 Å². The van der Waals surface area contributed by atoms with Gasteiger partial charge in [-0.15, -0.1) is 0 Å². The molecule has 0 bridgehead atoms. The fraction of sp³-hybridized carbons (Fsp3) is 0.294. The number of nitrogens with one attached hydrogen (secondary N) is 1. The lowest BCUT2D eigenvalue weighted by atomic mass is 10.0. The van der Waals surface area contributed by atoms with Crippen LogP contribution in [0.25, 0.3) is 16.8 Å². The molecule has 8 nitrogen and oxygen atoms in total. The van der Waals surface area contributed by atoms with Gasteiger partial charge in [0.15, 0.2) is 0 Å². The van der Waals surface area contributed by atoms with Crippen LogP contribution >= 0.6 is 0 Å². The fourth-order valence-corrected chi connectivity index (χ4v) is 3.12. The first-order valence-corrected chi connectivity index (χ1v) is 8.25. The number of carbonyl (C=O) groups is 1. The number of aromatic nitrogens is 4. The Balaban J connectivity index is 1.59. The van der Waals surface area contributed by atoms with Gasteiger partial charge in [0, 0.05) is 24.8 Å². The number of alkyl halides is 1. The monoisotopic (exact) mass is 356 g/mol. The third kappa shape index (κ3) is 3.03. The number of carboxylic acid groups (broad SMARTS) is 1. The van der Waals surface area contributed by atoms with Crippen LogP contribution in [0.5, 0.6) is 0 Å². The summed E-state index contributed by atoms with van der Waals surface area (Å²) in [6.07, 6.45) is 4.63. The second-order valence-corrected chi connectivity index (χ2v) is 6.16. The number of hydrogen-bond acceptors (Lipinski definition) is 5. The average Bonchev–Trinajstić information content (AvgIpc) is 3.08. The van der Waals surface area contributed by atoms with Gasteiger partial charge in [-0.25, -0.2) is 18.7 Å². The van der Waals surface area contributed by atoms with Crippen LogP contribution in [0.15, 0.2) is 43.0 Å². The zero-order valence-corrected chi connectivity index (χ0v) is 13.8. The number of likely N-dealkylation sites (tertiary alicyclic amines) is 1. The smallest absolute Gasteiger partial charge is 0.407 e. The maximum absolute atomic E-state index is 14.2. The van der Waals surface area contributed by atoms with Gasteiger partial charge in [0.2, 0.25) is 0 Å². The van der Waals surface area contributed by atoms with E-state index in [1.54, 1.807) is 16.9 Å². The summed E-state index contributed by atoms with van der Waals surface area (Å²) in [6.45, 7) is 0.266. The minimum Gasteiger partial charge on any atom is -0.465 e. The van der Waals surface area contributed by atoms with Crippen molar-refractivity contribution in [2.75, 3.05) is 18.4 Å². The van der Waals surface area contributed by atoms with Crippen molar-refractivity contribution in [1.82, 2.24) is 24.5 Å². The topological polar surface area (TPSA) is 95.7 Å². The summed E-state index contributed by atoms with van der Waals surface area (Å²) in [5, 5.41) is 16.4. The van der Waals surface area contributed by atoms with Crippen LogP contribution in [0.2, 0.25) is 0 Å². The number of piperidine rings is 1. The molecule has 134 valence electrons. The van der Waals surface area contributed by atoms with Crippen molar-refractivity contribution in [3.05, 3.63) is 43.0 Å².